The molecule has 11 aromatic rings. The zero-order valence-electron chi connectivity index (χ0n) is 32.1. The van der Waals surface area contributed by atoms with Crippen LogP contribution in [0.2, 0.25) is 0 Å². The van der Waals surface area contributed by atoms with Crippen LogP contribution in [0.25, 0.3) is 89.3 Å². The predicted octanol–water partition coefficient (Wildman–Crippen LogP) is 14.3. The molecule has 280 valence electrons. The maximum Gasteiger partial charge on any atom is 0.227 e. The second-order valence-corrected chi connectivity index (χ2v) is 15.7. The quantitative estimate of drug-likeness (QED) is 0.178. The number of nitrogens with zero attached hydrogens (tertiary/aromatic N) is 2. The Hall–Kier alpha value is -8.02. The van der Waals surface area contributed by atoms with Gasteiger partial charge in [0.2, 0.25) is 11.8 Å². The number of hydrogen-bond acceptors (Lipinski definition) is 5. The van der Waals surface area contributed by atoms with E-state index in [0.717, 1.165) is 83.4 Å². The second kappa shape index (κ2) is 12.5. The maximum absolute atomic E-state index is 6.57. The Bertz CT molecular complexity index is 3350. The van der Waals surface area contributed by atoms with E-state index in [-0.39, 0.29) is 0 Å². The van der Waals surface area contributed by atoms with Gasteiger partial charge in [0.05, 0.1) is 5.41 Å². The summed E-state index contributed by atoms with van der Waals surface area (Å²) in [7, 11) is 0. The second-order valence-electron chi connectivity index (χ2n) is 15.7. The van der Waals surface area contributed by atoms with Crippen LogP contribution in [0.1, 0.15) is 22.3 Å². The van der Waals surface area contributed by atoms with Crippen molar-refractivity contribution in [3.05, 3.63) is 216 Å². The van der Waals surface area contributed by atoms with Gasteiger partial charge >= 0.3 is 0 Å². The van der Waals surface area contributed by atoms with Crippen LogP contribution in [0, 0.1) is 0 Å². The molecule has 3 heterocycles. The molecule has 13 rings (SSSR count). The Morgan fingerprint density at radius 2 is 0.800 bits per heavy atom. The highest BCUT2D eigenvalue weighted by Gasteiger charge is 2.51. The third-order valence-electron chi connectivity index (χ3n) is 12.4. The van der Waals surface area contributed by atoms with Crippen molar-refractivity contribution in [3.63, 3.8) is 0 Å². The van der Waals surface area contributed by atoms with E-state index >= 15 is 0 Å². The van der Waals surface area contributed by atoms with Crippen LogP contribution in [-0.4, -0.2) is 9.97 Å². The minimum atomic E-state index is -0.512. The average Bonchev–Trinajstić information content (AvgIpc) is 4.02. The van der Waals surface area contributed by atoms with Crippen LogP contribution in [0.4, 0.5) is 0 Å². The van der Waals surface area contributed by atoms with Crippen molar-refractivity contribution in [1.29, 1.82) is 0 Å². The third-order valence-corrected chi connectivity index (χ3v) is 12.4. The molecule has 1 spiro atoms. The molecule has 0 radical (unpaired) electrons. The Labute approximate surface area is 344 Å². The fraction of sp³-hybridized carbons (Fsp3) is 0.0182. The Morgan fingerprint density at radius 3 is 1.42 bits per heavy atom. The van der Waals surface area contributed by atoms with Crippen molar-refractivity contribution in [1.82, 2.24) is 9.97 Å². The van der Waals surface area contributed by atoms with Crippen molar-refractivity contribution in [3.8, 4) is 67.8 Å². The van der Waals surface area contributed by atoms with Gasteiger partial charge in [-0.05, 0) is 128 Å². The molecule has 1 aliphatic carbocycles. The SMILES string of the molecule is c1ccc2c(c1)Oc1ccccc1C21c2ccccc2-c2ccc(-c3ccc4cc(-c5cc(-c6nc7ccccc7o6)cc(-c6nc7ccccc7o6)c5)ccc4c3)cc21. The van der Waals surface area contributed by atoms with E-state index in [2.05, 4.69) is 140 Å². The van der Waals surface area contributed by atoms with Crippen molar-refractivity contribution in [2.75, 3.05) is 0 Å². The van der Waals surface area contributed by atoms with Gasteiger partial charge in [0, 0.05) is 22.3 Å². The first-order chi connectivity index (χ1) is 29.7. The number of benzene rings is 9. The number of rotatable bonds is 4. The van der Waals surface area contributed by atoms with E-state index in [1.54, 1.807) is 0 Å². The predicted molar refractivity (Wildman–Crippen MR) is 238 cm³/mol. The lowest BCUT2D eigenvalue weighted by molar-refractivity contribution is 0.436. The largest absolute Gasteiger partial charge is 0.457 e. The monoisotopic (exact) mass is 768 g/mol. The molecule has 2 aromatic heterocycles. The van der Waals surface area contributed by atoms with Crippen LogP contribution in [0.5, 0.6) is 11.5 Å². The summed E-state index contributed by atoms with van der Waals surface area (Å²) in [5, 5.41) is 2.30. The lowest BCUT2D eigenvalue weighted by Crippen LogP contribution is -2.32. The molecule has 0 fully saturated rings. The molecule has 0 atom stereocenters. The summed E-state index contributed by atoms with van der Waals surface area (Å²) in [5.74, 6) is 2.89. The van der Waals surface area contributed by atoms with E-state index in [1.165, 1.54) is 27.8 Å². The molecule has 0 bridgehead atoms. The van der Waals surface area contributed by atoms with Crippen LogP contribution >= 0.6 is 0 Å². The molecular formula is C55H32N2O3. The van der Waals surface area contributed by atoms with E-state index in [9.17, 15) is 0 Å². The topological polar surface area (TPSA) is 61.3 Å². The highest BCUT2D eigenvalue weighted by molar-refractivity contribution is 5.94. The number of ether oxygens (including phenoxy) is 1. The van der Waals surface area contributed by atoms with Gasteiger partial charge in [-0.1, -0.05) is 121 Å². The maximum atomic E-state index is 6.57. The van der Waals surface area contributed by atoms with E-state index in [0.29, 0.717) is 11.8 Å². The van der Waals surface area contributed by atoms with E-state index < -0.39 is 5.41 Å². The van der Waals surface area contributed by atoms with Crippen LogP contribution in [0.15, 0.2) is 203 Å². The third kappa shape index (κ3) is 4.80. The van der Waals surface area contributed by atoms with Crippen molar-refractivity contribution in [2.45, 2.75) is 5.41 Å². The van der Waals surface area contributed by atoms with Crippen molar-refractivity contribution >= 4 is 33.0 Å². The standard InChI is InChI=1S/C55H32N2O3/c1-2-12-43-41(11-1)42-26-25-37(32-46(42)55(43)44-13-3-7-17-49(44)58-50-18-8-4-14-45(50)55)35-22-21-34-28-36(24-23-33(34)27-35)38-29-39(53-56-47-15-5-9-19-51(47)59-53)31-40(30-38)54-57-48-16-6-10-20-52(48)60-54/h1-32H. The molecule has 0 saturated carbocycles. The average molecular weight is 769 g/mol. The molecule has 0 amide bonds. The van der Waals surface area contributed by atoms with Gasteiger partial charge in [-0.15, -0.1) is 0 Å². The van der Waals surface area contributed by atoms with Crippen LogP contribution in [-0.2, 0) is 5.41 Å². The summed E-state index contributed by atoms with van der Waals surface area (Å²) in [5.41, 5.74) is 16.1. The molecule has 1 aliphatic heterocycles. The first-order valence-electron chi connectivity index (χ1n) is 20.2. The minimum absolute atomic E-state index is 0.512. The molecule has 0 unspecified atom stereocenters. The summed E-state index contributed by atoms with van der Waals surface area (Å²) < 4.78 is 19.1. The van der Waals surface area contributed by atoms with Crippen LogP contribution < -0.4 is 4.74 Å². The van der Waals surface area contributed by atoms with Crippen LogP contribution in [0.3, 0.4) is 0 Å². The molecule has 5 heteroatoms. The summed E-state index contributed by atoms with van der Waals surface area (Å²) in [6, 6.07) is 68.3. The lowest BCUT2D eigenvalue weighted by Gasteiger charge is -2.39. The number of fused-ring (bicyclic) bond motifs is 12. The number of oxazole rings is 2. The number of hydrogen-bond donors (Lipinski definition) is 0. The van der Waals surface area contributed by atoms with Gasteiger partial charge in [-0.25, -0.2) is 9.97 Å². The fourth-order valence-corrected chi connectivity index (χ4v) is 9.67. The molecule has 9 aromatic carbocycles. The molecular weight excluding hydrogens is 737 g/mol. The summed E-state index contributed by atoms with van der Waals surface area (Å²) in [6.45, 7) is 0. The van der Waals surface area contributed by atoms with Crippen molar-refractivity contribution in [2.24, 2.45) is 0 Å². The van der Waals surface area contributed by atoms with Gasteiger partial charge in [-0.2, -0.15) is 0 Å². The number of aromatic nitrogens is 2. The van der Waals surface area contributed by atoms with Gasteiger partial charge in [0.15, 0.2) is 11.2 Å². The molecule has 60 heavy (non-hydrogen) atoms. The highest BCUT2D eigenvalue weighted by Crippen LogP contribution is 2.62. The van der Waals surface area contributed by atoms with Gasteiger partial charge < -0.3 is 13.6 Å². The molecule has 0 N–H and O–H groups in total. The Kier molecular flexibility index (Phi) is 6.87. The lowest BCUT2D eigenvalue weighted by atomic mass is 9.66. The summed E-state index contributed by atoms with van der Waals surface area (Å²) in [6.07, 6.45) is 0. The highest BCUT2D eigenvalue weighted by atomic mass is 16.5. The first-order valence-corrected chi connectivity index (χ1v) is 20.2. The number of para-hydroxylation sites is 6. The molecule has 2 aliphatic rings. The van der Waals surface area contributed by atoms with Crippen molar-refractivity contribution < 1.29 is 13.6 Å². The first kappa shape index (κ1) is 33.0. The smallest absolute Gasteiger partial charge is 0.227 e. The Balaban J connectivity index is 0.932. The van der Waals surface area contributed by atoms with Gasteiger partial charge in [0.1, 0.15) is 22.5 Å². The van der Waals surface area contributed by atoms with E-state index in [1.807, 2.05) is 54.6 Å². The minimum Gasteiger partial charge on any atom is -0.457 e. The fourth-order valence-electron chi connectivity index (χ4n) is 9.67. The Morgan fingerprint density at radius 1 is 0.333 bits per heavy atom. The van der Waals surface area contributed by atoms with Gasteiger partial charge in [0.25, 0.3) is 0 Å². The zero-order chi connectivity index (χ0) is 39.4. The van der Waals surface area contributed by atoms with E-state index in [4.69, 9.17) is 23.5 Å². The zero-order valence-corrected chi connectivity index (χ0v) is 32.1. The molecule has 5 nitrogen and oxygen atoms in total. The summed E-state index contributed by atoms with van der Waals surface area (Å²) >= 11 is 0. The van der Waals surface area contributed by atoms with Gasteiger partial charge in [-0.3, -0.25) is 0 Å². The molecule has 0 saturated heterocycles. The normalized spacial score (nSPS) is 13.3. The summed E-state index contributed by atoms with van der Waals surface area (Å²) in [4.78, 5) is 9.69.